The summed E-state index contributed by atoms with van der Waals surface area (Å²) in [6.45, 7) is 17.1. The highest BCUT2D eigenvalue weighted by molar-refractivity contribution is 5.67. The zero-order valence-electron chi connectivity index (χ0n) is 21.9. The van der Waals surface area contributed by atoms with Gasteiger partial charge in [-0.25, -0.2) is 0 Å². The maximum absolute atomic E-state index is 11.5. The van der Waals surface area contributed by atoms with Gasteiger partial charge in [-0.2, -0.15) is 0 Å². The van der Waals surface area contributed by atoms with Crippen LogP contribution in [0.15, 0.2) is 24.3 Å². The van der Waals surface area contributed by atoms with Gasteiger partial charge in [0.1, 0.15) is 0 Å². The van der Waals surface area contributed by atoms with Crippen molar-refractivity contribution in [3.8, 4) is 0 Å². The van der Waals surface area contributed by atoms with Crippen molar-refractivity contribution < 1.29 is 9.90 Å². The average molecular weight is 444 g/mol. The van der Waals surface area contributed by atoms with E-state index in [0.29, 0.717) is 18.5 Å². The molecule has 1 aromatic rings. The minimum Gasteiger partial charge on any atom is -0.481 e. The number of aliphatic carboxylic acids is 1. The molecule has 3 heteroatoms. The summed E-state index contributed by atoms with van der Waals surface area (Å²) in [4.78, 5) is 14.2. The number of likely N-dealkylation sites (tertiary alicyclic amines) is 1. The number of carboxylic acid groups (broad SMARTS) is 1. The molecule has 0 amide bonds. The van der Waals surface area contributed by atoms with E-state index < -0.39 is 5.97 Å². The van der Waals surface area contributed by atoms with Crippen LogP contribution in [0.3, 0.4) is 0 Å². The second-order valence-corrected chi connectivity index (χ2v) is 11.8. The molecular formula is C29H49NO2. The van der Waals surface area contributed by atoms with E-state index in [-0.39, 0.29) is 11.3 Å². The van der Waals surface area contributed by atoms with Crippen molar-refractivity contribution in [1.29, 1.82) is 0 Å². The fraction of sp³-hybridized carbons (Fsp3) is 0.759. The van der Waals surface area contributed by atoms with Crippen molar-refractivity contribution >= 4 is 5.97 Å². The molecule has 0 radical (unpaired) electrons. The number of nitrogens with zero attached hydrogens (tertiary/aromatic N) is 1. The molecule has 0 aliphatic carbocycles. The van der Waals surface area contributed by atoms with Crippen molar-refractivity contribution in [3.05, 3.63) is 35.4 Å². The Morgan fingerprint density at radius 2 is 1.69 bits per heavy atom. The Balaban J connectivity index is 2.30. The lowest BCUT2D eigenvalue weighted by Gasteiger charge is -2.45. The first-order chi connectivity index (χ1) is 15.0. The second-order valence-electron chi connectivity index (χ2n) is 11.8. The fourth-order valence-electron chi connectivity index (χ4n) is 5.14. The van der Waals surface area contributed by atoms with E-state index in [2.05, 4.69) is 77.6 Å². The molecule has 4 atom stereocenters. The molecule has 1 fully saturated rings. The van der Waals surface area contributed by atoms with Crippen LogP contribution in [0.5, 0.6) is 0 Å². The fourth-order valence-corrected chi connectivity index (χ4v) is 5.14. The minimum absolute atomic E-state index is 0.146. The zero-order chi connectivity index (χ0) is 23.9. The zero-order valence-corrected chi connectivity index (χ0v) is 21.9. The van der Waals surface area contributed by atoms with Crippen LogP contribution >= 0.6 is 0 Å². The van der Waals surface area contributed by atoms with E-state index in [9.17, 15) is 9.90 Å². The van der Waals surface area contributed by atoms with Crippen LogP contribution in [-0.2, 0) is 10.2 Å². The molecule has 1 N–H and O–H groups in total. The number of hydrogen-bond acceptors (Lipinski definition) is 2. The predicted molar refractivity (Wildman–Crippen MR) is 136 cm³/mol. The van der Waals surface area contributed by atoms with Crippen LogP contribution in [0.25, 0.3) is 0 Å². The van der Waals surface area contributed by atoms with E-state index >= 15 is 0 Å². The molecular weight excluding hydrogens is 394 g/mol. The lowest BCUT2D eigenvalue weighted by atomic mass is 9.81. The third-order valence-electron chi connectivity index (χ3n) is 7.61. The standard InChI is InChI=1S/C29H49NO2/c1-8-22(4)10-16-26(15-9-21(2)3)30-18-17-23(20-28(31)32)19-27(30)24-11-13-25(14-12-24)29(5,6)7/h11-14,21-23,26-27H,8-10,15-20H2,1-7H3,(H,31,32). The van der Waals surface area contributed by atoms with Crippen LogP contribution in [0.2, 0.25) is 0 Å². The summed E-state index contributed by atoms with van der Waals surface area (Å²) in [6.07, 6.45) is 8.55. The molecule has 0 aromatic heterocycles. The molecule has 0 bridgehead atoms. The van der Waals surface area contributed by atoms with Gasteiger partial charge in [-0.15, -0.1) is 0 Å². The third-order valence-corrected chi connectivity index (χ3v) is 7.61. The van der Waals surface area contributed by atoms with E-state index in [1.807, 2.05) is 0 Å². The van der Waals surface area contributed by atoms with Crippen LogP contribution in [0.4, 0.5) is 0 Å². The first kappa shape index (κ1) is 26.9. The Morgan fingerprint density at radius 1 is 1.06 bits per heavy atom. The summed E-state index contributed by atoms with van der Waals surface area (Å²) in [6, 6.07) is 10.1. The molecule has 0 saturated carbocycles. The summed E-state index contributed by atoms with van der Waals surface area (Å²) in [5.74, 6) is 1.11. The van der Waals surface area contributed by atoms with E-state index in [4.69, 9.17) is 0 Å². The smallest absolute Gasteiger partial charge is 0.303 e. The lowest BCUT2D eigenvalue weighted by Crippen LogP contribution is -2.44. The highest BCUT2D eigenvalue weighted by Gasteiger charge is 2.34. The van der Waals surface area contributed by atoms with Crippen molar-refractivity contribution in [2.45, 2.75) is 117 Å². The molecule has 1 saturated heterocycles. The van der Waals surface area contributed by atoms with Crippen molar-refractivity contribution in [3.63, 3.8) is 0 Å². The van der Waals surface area contributed by atoms with Crippen molar-refractivity contribution in [2.24, 2.45) is 17.8 Å². The maximum atomic E-state index is 11.5. The van der Waals surface area contributed by atoms with E-state index in [0.717, 1.165) is 31.2 Å². The van der Waals surface area contributed by atoms with Crippen molar-refractivity contribution in [2.75, 3.05) is 6.54 Å². The minimum atomic E-state index is -0.654. The van der Waals surface area contributed by atoms with Crippen LogP contribution < -0.4 is 0 Å². The van der Waals surface area contributed by atoms with Gasteiger partial charge in [0.25, 0.3) is 0 Å². The summed E-state index contributed by atoms with van der Waals surface area (Å²) in [5, 5.41) is 9.43. The molecule has 3 nitrogen and oxygen atoms in total. The van der Waals surface area contributed by atoms with Gasteiger partial charge in [-0.1, -0.05) is 79.2 Å². The number of rotatable bonds is 11. The van der Waals surface area contributed by atoms with Gasteiger partial charge in [-0.05, 0) is 79.4 Å². The lowest BCUT2D eigenvalue weighted by molar-refractivity contribution is -0.138. The van der Waals surface area contributed by atoms with Crippen LogP contribution in [-0.4, -0.2) is 28.6 Å². The number of piperidine rings is 1. The van der Waals surface area contributed by atoms with Gasteiger partial charge in [0.15, 0.2) is 0 Å². The summed E-state index contributed by atoms with van der Waals surface area (Å²) in [5.41, 5.74) is 2.87. The van der Waals surface area contributed by atoms with Gasteiger partial charge >= 0.3 is 5.97 Å². The summed E-state index contributed by atoms with van der Waals surface area (Å²) >= 11 is 0. The molecule has 4 unspecified atom stereocenters. The van der Waals surface area contributed by atoms with Gasteiger partial charge < -0.3 is 5.11 Å². The topological polar surface area (TPSA) is 40.5 Å². The van der Waals surface area contributed by atoms with Crippen LogP contribution in [0.1, 0.15) is 117 Å². The van der Waals surface area contributed by atoms with E-state index in [1.165, 1.54) is 43.2 Å². The molecule has 2 rings (SSSR count). The summed E-state index contributed by atoms with van der Waals surface area (Å²) < 4.78 is 0. The molecule has 1 aliphatic rings. The normalized spacial score (nSPS) is 22.1. The maximum Gasteiger partial charge on any atom is 0.303 e. The molecule has 1 heterocycles. The Bertz CT molecular complexity index is 688. The van der Waals surface area contributed by atoms with E-state index in [1.54, 1.807) is 0 Å². The largest absolute Gasteiger partial charge is 0.481 e. The number of hydrogen-bond donors (Lipinski definition) is 1. The van der Waals surface area contributed by atoms with Gasteiger partial charge in [-0.3, -0.25) is 9.69 Å². The highest BCUT2D eigenvalue weighted by Crippen LogP contribution is 2.40. The number of carbonyl (C=O) groups is 1. The van der Waals surface area contributed by atoms with Gasteiger partial charge in [0.2, 0.25) is 0 Å². The number of benzene rings is 1. The Morgan fingerprint density at radius 3 is 2.22 bits per heavy atom. The second kappa shape index (κ2) is 12.2. The first-order valence-corrected chi connectivity index (χ1v) is 13.1. The molecule has 1 aliphatic heterocycles. The average Bonchev–Trinajstić information content (AvgIpc) is 2.72. The van der Waals surface area contributed by atoms with Gasteiger partial charge in [0, 0.05) is 18.5 Å². The van der Waals surface area contributed by atoms with Crippen LogP contribution in [0, 0.1) is 17.8 Å². The first-order valence-electron chi connectivity index (χ1n) is 13.1. The summed E-state index contributed by atoms with van der Waals surface area (Å²) in [7, 11) is 0. The quantitative estimate of drug-likeness (QED) is 0.378. The molecule has 182 valence electrons. The van der Waals surface area contributed by atoms with Crippen molar-refractivity contribution in [1.82, 2.24) is 4.90 Å². The Labute approximate surface area is 198 Å². The number of carboxylic acids is 1. The van der Waals surface area contributed by atoms with Gasteiger partial charge in [0.05, 0.1) is 0 Å². The highest BCUT2D eigenvalue weighted by atomic mass is 16.4. The molecule has 1 aromatic carbocycles. The third kappa shape index (κ3) is 8.21. The molecule has 0 spiro atoms. The SMILES string of the molecule is CCC(C)CCC(CCC(C)C)N1CCC(CC(=O)O)CC1c1ccc(C(C)(C)C)cc1. The predicted octanol–water partition coefficient (Wildman–Crippen LogP) is 7.84. The Kier molecular flexibility index (Phi) is 10.3. The molecule has 32 heavy (non-hydrogen) atoms. The monoisotopic (exact) mass is 443 g/mol. The Hall–Kier alpha value is -1.35.